The lowest BCUT2D eigenvalue weighted by Gasteiger charge is -2.08. The zero-order valence-corrected chi connectivity index (χ0v) is 16.5. The quantitative estimate of drug-likeness (QED) is 0.516. The molecule has 0 unspecified atom stereocenters. The van der Waals surface area contributed by atoms with Gasteiger partial charge in [0, 0.05) is 10.6 Å². The number of carbonyl (C=O) groups is 1. The average molecular weight is 404 g/mol. The van der Waals surface area contributed by atoms with Crippen LogP contribution >= 0.6 is 11.3 Å². The monoisotopic (exact) mass is 404 g/mol. The van der Waals surface area contributed by atoms with Crippen molar-refractivity contribution in [3.8, 4) is 22.4 Å². The van der Waals surface area contributed by atoms with Gasteiger partial charge in [-0.05, 0) is 56.3 Å². The second-order valence-electron chi connectivity index (χ2n) is 6.34. The third kappa shape index (κ3) is 3.81. The van der Waals surface area contributed by atoms with Crippen LogP contribution in [0.25, 0.3) is 21.7 Å². The first-order valence-electron chi connectivity index (χ1n) is 8.80. The van der Waals surface area contributed by atoms with E-state index in [1.165, 1.54) is 0 Å². The average Bonchev–Trinajstić information content (AvgIpc) is 3.32. The van der Waals surface area contributed by atoms with Crippen molar-refractivity contribution < 1.29 is 14.1 Å². The molecule has 0 fully saturated rings. The summed E-state index contributed by atoms with van der Waals surface area (Å²) in [7, 11) is 0. The molecular weight excluding hydrogens is 388 g/mol. The summed E-state index contributed by atoms with van der Waals surface area (Å²) in [6.07, 6.45) is 0. The van der Waals surface area contributed by atoms with E-state index in [1.54, 1.807) is 48.6 Å². The minimum absolute atomic E-state index is 0.0293. The first kappa shape index (κ1) is 18.7. The first-order chi connectivity index (χ1) is 14.0. The maximum absolute atomic E-state index is 13.0. The van der Waals surface area contributed by atoms with Gasteiger partial charge in [0.2, 0.25) is 0 Å². The molecule has 0 aliphatic carbocycles. The molecule has 144 valence electrons. The number of amides is 1. The van der Waals surface area contributed by atoms with Gasteiger partial charge in [-0.15, -0.1) is 11.3 Å². The number of nitrogens with zero attached hydrogens (tertiary/aromatic N) is 3. The van der Waals surface area contributed by atoms with Crippen molar-refractivity contribution in [3.63, 3.8) is 0 Å². The fourth-order valence-corrected chi connectivity index (χ4v) is 3.75. The number of nitriles is 1. The molecule has 1 N–H and O–H groups in total. The van der Waals surface area contributed by atoms with E-state index in [-0.39, 0.29) is 12.5 Å². The summed E-state index contributed by atoms with van der Waals surface area (Å²) in [4.78, 5) is 19.7. The summed E-state index contributed by atoms with van der Waals surface area (Å²) in [5.41, 5.74) is 2.65. The Morgan fingerprint density at radius 1 is 1.24 bits per heavy atom. The van der Waals surface area contributed by atoms with Crippen LogP contribution in [-0.2, 0) is 0 Å². The summed E-state index contributed by atoms with van der Waals surface area (Å²) >= 11 is 1.60. The maximum Gasteiger partial charge on any atom is 0.259 e. The molecule has 0 saturated heterocycles. The molecule has 0 atom stereocenters. The fourth-order valence-electron chi connectivity index (χ4n) is 2.92. The molecule has 3 aromatic heterocycles. The zero-order chi connectivity index (χ0) is 20.4. The van der Waals surface area contributed by atoms with Crippen molar-refractivity contribution >= 4 is 34.0 Å². The maximum atomic E-state index is 13.0. The number of rotatable bonds is 5. The van der Waals surface area contributed by atoms with Crippen molar-refractivity contribution in [1.82, 2.24) is 10.1 Å². The molecule has 1 amide bonds. The van der Waals surface area contributed by atoms with E-state index in [9.17, 15) is 4.79 Å². The normalized spacial score (nSPS) is 10.7. The molecular formula is C21H16N4O3S. The van der Waals surface area contributed by atoms with Crippen LogP contribution < -0.4 is 10.1 Å². The van der Waals surface area contributed by atoms with E-state index in [4.69, 9.17) is 14.5 Å². The summed E-state index contributed by atoms with van der Waals surface area (Å²) < 4.78 is 10.6. The lowest BCUT2D eigenvalue weighted by atomic mass is 10.1. The van der Waals surface area contributed by atoms with Crippen LogP contribution in [0.3, 0.4) is 0 Å². The third-order valence-electron chi connectivity index (χ3n) is 4.27. The van der Waals surface area contributed by atoms with E-state index >= 15 is 0 Å². The Bertz CT molecular complexity index is 1240. The van der Waals surface area contributed by atoms with E-state index in [2.05, 4.69) is 15.5 Å². The molecule has 0 bridgehead atoms. The van der Waals surface area contributed by atoms with Crippen LogP contribution in [0, 0.1) is 25.2 Å². The van der Waals surface area contributed by atoms with E-state index in [0.29, 0.717) is 39.5 Å². The highest BCUT2D eigenvalue weighted by Gasteiger charge is 2.20. The van der Waals surface area contributed by atoms with Gasteiger partial charge in [0.05, 0.1) is 27.2 Å². The highest BCUT2D eigenvalue weighted by Crippen LogP contribution is 2.31. The molecule has 0 spiro atoms. The standard InChI is InChI=1S/C21H16N4O3S/c1-12-3-8-18(29-12)17-11-16(19-13(2)25-28-21(19)24-17)20(26)23-14-4-6-15(7-5-14)27-10-9-22/h3-8,11H,10H2,1-2H3,(H,23,26). The topological polar surface area (TPSA) is 101 Å². The third-order valence-corrected chi connectivity index (χ3v) is 5.29. The van der Waals surface area contributed by atoms with Crippen LogP contribution in [0.2, 0.25) is 0 Å². The number of benzene rings is 1. The predicted molar refractivity (Wildman–Crippen MR) is 110 cm³/mol. The number of thiophene rings is 1. The molecule has 7 nitrogen and oxygen atoms in total. The van der Waals surface area contributed by atoms with Gasteiger partial charge in [-0.2, -0.15) is 5.26 Å². The molecule has 29 heavy (non-hydrogen) atoms. The van der Waals surface area contributed by atoms with Gasteiger partial charge in [-0.1, -0.05) is 5.16 Å². The van der Waals surface area contributed by atoms with Crippen molar-refractivity contribution in [1.29, 1.82) is 5.26 Å². The Hall–Kier alpha value is -3.70. The van der Waals surface area contributed by atoms with Crippen molar-refractivity contribution in [2.24, 2.45) is 0 Å². The Kier molecular flexibility index (Phi) is 4.97. The summed E-state index contributed by atoms with van der Waals surface area (Å²) in [6, 6.07) is 14.5. The molecule has 0 aliphatic rings. The van der Waals surface area contributed by atoms with Gasteiger partial charge in [0.1, 0.15) is 11.8 Å². The smallest absolute Gasteiger partial charge is 0.259 e. The number of nitrogens with one attached hydrogen (secondary N) is 1. The first-order valence-corrected chi connectivity index (χ1v) is 9.62. The van der Waals surface area contributed by atoms with Gasteiger partial charge in [-0.3, -0.25) is 4.79 Å². The molecule has 8 heteroatoms. The second-order valence-corrected chi connectivity index (χ2v) is 7.63. The molecule has 4 aromatic rings. The molecule has 0 aliphatic heterocycles. The SMILES string of the molecule is Cc1ccc(-c2cc(C(=O)Nc3ccc(OCC#N)cc3)c3c(C)noc3n2)s1. The van der Waals surface area contributed by atoms with Gasteiger partial charge in [0.25, 0.3) is 11.6 Å². The second kappa shape index (κ2) is 7.73. The van der Waals surface area contributed by atoms with Crippen LogP contribution in [0.15, 0.2) is 47.0 Å². The van der Waals surface area contributed by atoms with Gasteiger partial charge in [-0.25, -0.2) is 4.98 Å². The van der Waals surface area contributed by atoms with Gasteiger partial charge >= 0.3 is 0 Å². The molecule has 0 saturated carbocycles. The molecule has 3 heterocycles. The van der Waals surface area contributed by atoms with Crippen LogP contribution in [-0.4, -0.2) is 22.7 Å². The summed E-state index contributed by atoms with van der Waals surface area (Å²) in [5.74, 6) is 0.269. The Balaban J connectivity index is 1.67. The number of anilines is 1. The van der Waals surface area contributed by atoms with E-state index in [1.807, 2.05) is 25.1 Å². The highest BCUT2D eigenvalue weighted by atomic mass is 32.1. The number of aromatic nitrogens is 2. The molecule has 0 radical (unpaired) electrons. The minimum Gasteiger partial charge on any atom is -0.479 e. The van der Waals surface area contributed by atoms with Crippen LogP contribution in [0.5, 0.6) is 5.75 Å². The minimum atomic E-state index is -0.288. The number of hydrogen-bond donors (Lipinski definition) is 1. The van der Waals surface area contributed by atoms with Gasteiger partial charge in [0.15, 0.2) is 6.61 Å². The van der Waals surface area contributed by atoms with Gasteiger partial charge < -0.3 is 14.6 Å². The number of fused-ring (bicyclic) bond motifs is 1. The number of hydrogen-bond acceptors (Lipinski definition) is 7. The summed E-state index contributed by atoms with van der Waals surface area (Å²) in [6.45, 7) is 3.77. The molecule has 1 aromatic carbocycles. The molecule has 4 rings (SSSR count). The van der Waals surface area contributed by atoms with Crippen LogP contribution in [0.1, 0.15) is 20.9 Å². The van der Waals surface area contributed by atoms with Crippen molar-refractivity contribution in [3.05, 3.63) is 58.6 Å². The predicted octanol–water partition coefficient (Wildman–Crippen LogP) is 4.72. The van der Waals surface area contributed by atoms with E-state index < -0.39 is 0 Å². The zero-order valence-electron chi connectivity index (χ0n) is 15.7. The van der Waals surface area contributed by atoms with E-state index in [0.717, 1.165) is 9.75 Å². The number of ether oxygens (including phenoxy) is 1. The highest BCUT2D eigenvalue weighted by molar-refractivity contribution is 7.15. The van der Waals surface area contributed by atoms with Crippen molar-refractivity contribution in [2.45, 2.75) is 13.8 Å². The number of carbonyl (C=O) groups excluding carboxylic acids is 1. The number of aryl methyl sites for hydroxylation is 2. The Morgan fingerprint density at radius 3 is 2.72 bits per heavy atom. The summed E-state index contributed by atoms with van der Waals surface area (Å²) in [5, 5.41) is 16.0. The lowest BCUT2D eigenvalue weighted by Crippen LogP contribution is -2.13. The lowest BCUT2D eigenvalue weighted by molar-refractivity contribution is 0.102. The van der Waals surface area contributed by atoms with Crippen molar-refractivity contribution in [2.75, 3.05) is 11.9 Å². The Labute approximate surface area is 170 Å². The largest absolute Gasteiger partial charge is 0.479 e. The number of pyridine rings is 1. The Morgan fingerprint density at radius 2 is 2.03 bits per heavy atom. The van der Waals surface area contributed by atoms with Crippen LogP contribution in [0.4, 0.5) is 5.69 Å². The fraction of sp³-hybridized carbons (Fsp3) is 0.143.